The van der Waals surface area contributed by atoms with Gasteiger partial charge in [0.15, 0.2) is 0 Å². The van der Waals surface area contributed by atoms with Gasteiger partial charge >= 0.3 is 5.97 Å². The molecule has 1 atom stereocenters. The van der Waals surface area contributed by atoms with Crippen molar-refractivity contribution >= 4 is 47.3 Å². The third kappa shape index (κ3) is 5.42. The molecule has 0 aliphatic rings. The summed E-state index contributed by atoms with van der Waals surface area (Å²) in [5, 5.41) is 2.52. The molecule has 0 radical (unpaired) electrons. The van der Waals surface area contributed by atoms with Gasteiger partial charge in [-0.15, -0.1) is 0 Å². The van der Waals surface area contributed by atoms with Crippen molar-refractivity contribution in [3.8, 4) is 0 Å². The monoisotopic (exact) mass is 496 g/mol. The fraction of sp³-hybridized carbons (Fsp3) is 0.409. The molecule has 146 valence electrons. The van der Waals surface area contributed by atoms with Crippen LogP contribution in [0, 0.1) is 0 Å². The molecule has 2 aromatic carbocycles. The first-order valence-electron chi connectivity index (χ1n) is 9.27. The Morgan fingerprint density at radius 1 is 1.00 bits per heavy atom. The zero-order valence-corrected chi connectivity index (χ0v) is 19.7. The van der Waals surface area contributed by atoms with Crippen LogP contribution in [0.1, 0.15) is 33.6 Å². The molecule has 0 spiro atoms. The maximum Gasteiger partial charge on any atom is 0.305 e. The van der Waals surface area contributed by atoms with Gasteiger partial charge in [0.1, 0.15) is 0 Å². The lowest BCUT2D eigenvalue weighted by atomic mass is 10.2. The number of benzene rings is 2. The maximum absolute atomic E-state index is 11.5. The summed E-state index contributed by atoms with van der Waals surface area (Å²) in [6, 6.07) is 21.2. The molecule has 3 nitrogen and oxygen atoms in total. The number of hydrogen-bond donors (Lipinski definition) is 0. The lowest BCUT2D eigenvalue weighted by molar-refractivity contribution is -0.140. The van der Waals surface area contributed by atoms with E-state index in [1.165, 1.54) is 17.5 Å². The van der Waals surface area contributed by atoms with Gasteiger partial charge in [-0.05, 0) is 21.8 Å². The van der Waals surface area contributed by atoms with Crippen molar-refractivity contribution < 1.29 is 14.0 Å². The quantitative estimate of drug-likeness (QED) is 0.236. The second-order valence-electron chi connectivity index (χ2n) is 7.69. The van der Waals surface area contributed by atoms with Gasteiger partial charge in [-0.25, -0.2) is 0 Å². The van der Waals surface area contributed by atoms with Crippen molar-refractivity contribution in [2.45, 2.75) is 42.6 Å². The van der Waals surface area contributed by atoms with Crippen LogP contribution in [0.15, 0.2) is 60.7 Å². The van der Waals surface area contributed by atoms with Crippen LogP contribution in [-0.4, -0.2) is 31.9 Å². The van der Waals surface area contributed by atoms with Crippen molar-refractivity contribution in [1.82, 2.24) is 0 Å². The van der Waals surface area contributed by atoms with Crippen molar-refractivity contribution in [1.29, 1.82) is 0 Å². The molecule has 0 heterocycles. The SMILES string of the molecule is COC(=O)CC[C@@H](I)CO[Si](c1ccccc1)(c1ccccc1)C(C)(C)C. The zero-order chi connectivity index (χ0) is 19.9. The smallest absolute Gasteiger partial charge is 0.305 e. The summed E-state index contributed by atoms with van der Waals surface area (Å²) in [6.07, 6.45) is 1.18. The molecule has 0 aromatic heterocycles. The summed E-state index contributed by atoms with van der Waals surface area (Å²) in [4.78, 5) is 11.5. The number of methoxy groups -OCH3 is 1. The van der Waals surface area contributed by atoms with Crippen molar-refractivity contribution in [2.24, 2.45) is 0 Å². The van der Waals surface area contributed by atoms with Crippen LogP contribution in [0.5, 0.6) is 0 Å². The van der Waals surface area contributed by atoms with E-state index in [9.17, 15) is 4.79 Å². The zero-order valence-electron chi connectivity index (χ0n) is 16.6. The third-order valence-corrected chi connectivity index (χ3v) is 10.8. The number of ether oxygens (including phenoxy) is 1. The minimum absolute atomic E-state index is 0.0333. The van der Waals surface area contributed by atoms with E-state index in [1.54, 1.807) is 0 Å². The van der Waals surface area contributed by atoms with Crippen LogP contribution in [0.25, 0.3) is 0 Å². The minimum Gasteiger partial charge on any atom is -0.469 e. The Labute approximate surface area is 177 Å². The molecule has 2 rings (SSSR count). The van der Waals surface area contributed by atoms with E-state index in [0.29, 0.717) is 13.0 Å². The molecule has 0 saturated carbocycles. The largest absolute Gasteiger partial charge is 0.469 e. The van der Waals surface area contributed by atoms with Gasteiger partial charge in [0.25, 0.3) is 8.32 Å². The Balaban J connectivity index is 2.36. The van der Waals surface area contributed by atoms with Crippen LogP contribution >= 0.6 is 22.6 Å². The van der Waals surface area contributed by atoms with Crippen molar-refractivity contribution in [3.05, 3.63) is 60.7 Å². The van der Waals surface area contributed by atoms with Gasteiger partial charge in [-0.3, -0.25) is 4.79 Å². The molecule has 0 fully saturated rings. The predicted molar refractivity (Wildman–Crippen MR) is 123 cm³/mol. The molecule has 0 aliphatic heterocycles. The first-order chi connectivity index (χ1) is 12.8. The number of halogens is 1. The standard InChI is InChI=1S/C22H29IO3Si/c1-22(2,3)27(19-11-7-5-8-12-19,20-13-9-6-10-14-20)26-17-18(23)15-16-21(24)25-4/h5-14,18H,15-17H2,1-4H3/t18-/m1/s1. The molecular formula is C22H29IO3Si. The van der Waals surface area contributed by atoms with E-state index in [4.69, 9.17) is 9.16 Å². The molecule has 2 aromatic rings. The lowest BCUT2D eigenvalue weighted by Crippen LogP contribution is -2.67. The summed E-state index contributed by atoms with van der Waals surface area (Å²) in [5.41, 5.74) is 0. The van der Waals surface area contributed by atoms with Gasteiger partial charge in [0, 0.05) is 17.0 Å². The highest BCUT2D eigenvalue weighted by Crippen LogP contribution is 2.37. The second kappa shape index (κ2) is 9.84. The Morgan fingerprint density at radius 2 is 1.48 bits per heavy atom. The molecular weight excluding hydrogens is 467 g/mol. The molecule has 0 amide bonds. The highest BCUT2D eigenvalue weighted by atomic mass is 127. The molecule has 5 heteroatoms. The summed E-state index contributed by atoms with van der Waals surface area (Å²) in [6.45, 7) is 7.44. The highest BCUT2D eigenvalue weighted by molar-refractivity contribution is 14.1. The molecule has 0 saturated heterocycles. The van der Waals surface area contributed by atoms with E-state index in [-0.39, 0.29) is 14.9 Å². The van der Waals surface area contributed by atoms with Gasteiger partial charge < -0.3 is 9.16 Å². The number of rotatable bonds is 8. The number of hydrogen-bond acceptors (Lipinski definition) is 3. The number of esters is 1. The van der Waals surface area contributed by atoms with E-state index >= 15 is 0 Å². The topological polar surface area (TPSA) is 35.5 Å². The van der Waals surface area contributed by atoms with Crippen molar-refractivity contribution in [3.63, 3.8) is 0 Å². The Bertz CT molecular complexity index is 674. The molecule has 0 N–H and O–H groups in total. The van der Waals surface area contributed by atoms with E-state index in [0.717, 1.165) is 6.42 Å². The summed E-state index contributed by atoms with van der Waals surface area (Å²) in [5.74, 6) is -0.165. The van der Waals surface area contributed by atoms with Crippen LogP contribution in [0.3, 0.4) is 0 Å². The van der Waals surface area contributed by atoms with E-state index < -0.39 is 8.32 Å². The van der Waals surface area contributed by atoms with E-state index in [2.05, 4.69) is 91.9 Å². The average molecular weight is 496 g/mol. The minimum atomic E-state index is -2.50. The van der Waals surface area contributed by atoms with Crippen LogP contribution in [0.2, 0.25) is 5.04 Å². The van der Waals surface area contributed by atoms with Gasteiger partial charge in [-0.2, -0.15) is 0 Å². The maximum atomic E-state index is 11.5. The van der Waals surface area contributed by atoms with Crippen LogP contribution in [0.4, 0.5) is 0 Å². The molecule has 0 unspecified atom stereocenters. The van der Waals surface area contributed by atoms with Gasteiger partial charge in [0.05, 0.1) is 7.11 Å². The van der Waals surface area contributed by atoms with Crippen LogP contribution in [-0.2, 0) is 14.0 Å². The number of alkyl halides is 1. The third-order valence-electron chi connectivity index (χ3n) is 4.79. The Hall–Kier alpha value is -1.18. The number of carbonyl (C=O) groups is 1. The second-order valence-corrected chi connectivity index (χ2v) is 13.8. The Morgan fingerprint density at radius 3 is 1.89 bits per heavy atom. The van der Waals surface area contributed by atoms with Crippen molar-refractivity contribution in [2.75, 3.05) is 13.7 Å². The summed E-state index contributed by atoms with van der Waals surface area (Å²) in [7, 11) is -1.06. The van der Waals surface area contributed by atoms with Gasteiger partial charge in [-0.1, -0.05) is 104 Å². The molecule has 27 heavy (non-hydrogen) atoms. The van der Waals surface area contributed by atoms with Gasteiger partial charge in [0.2, 0.25) is 0 Å². The molecule has 0 aliphatic carbocycles. The highest BCUT2D eigenvalue weighted by Gasteiger charge is 2.50. The normalized spacial score (nSPS) is 13.2. The Kier molecular flexibility index (Phi) is 8.06. The first-order valence-corrected chi connectivity index (χ1v) is 12.4. The van der Waals surface area contributed by atoms with Crippen LogP contribution < -0.4 is 10.4 Å². The number of carbonyl (C=O) groups excluding carboxylic acids is 1. The summed E-state index contributed by atoms with van der Waals surface area (Å²) < 4.78 is 11.9. The average Bonchev–Trinajstić information content (AvgIpc) is 2.67. The lowest BCUT2D eigenvalue weighted by Gasteiger charge is -2.43. The molecule has 0 bridgehead atoms. The first kappa shape index (κ1) is 22.1. The van der Waals surface area contributed by atoms with E-state index in [1.807, 2.05) is 12.1 Å². The fourth-order valence-electron chi connectivity index (χ4n) is 3.44. The fourth-order valence-corrected chi connectivity index (χ4v) is 8.87. The summed E-state index contributed by atoms with van der Waals surface area (Å²) >= 11 is 2.39. The predicted octanol–water partition coefficient (Wildman–Crippen LogP) is 4.32.